The van der Waals surface area contributed by atoms with Crippen LogP contribution in [0.15, 0.2) is 42.5 Å². The molecule has 2 saturated carbocycles. The first kappa shape index (κ1) is 18.9. The predicted molar refractivity (Wildman–Crippen MR) is 104 cm³/mol. The van der Waals surface area contributed by atoms with Gasteiger partial charge < -0.3 is 4.74 Å². The number of ether oxygens (including phenoxy) is 1. The molecule has 2 N–H and O–H groups in total. The van der Waals surface area contributed by atoms with Crippen LogP contribution in [0.25, 0.3) is 0 Å². The molecule has 2 aromatic carbocycles. The maximum Gasteiger partial charge on any atom is 0.274 e. The Morgan fingerprint density at radius 1 is 1.07 bits per heavy atom. The Morgan fingerprint density at radius 2 is 1.68 bits per heavy atom. The van der Waals surface area contributed by atoms with Gasteiger partial charge in [-0.2, -0.15) is 0 Å². The van der Waals surface area contributed by atoms with Gasteiger partial charge in [0.2, 0.25) is 0 Å². The first-order valence-corrected chi connectivity index (χ1v) is 10.0. The maximum absolute atomic E-state index is 14.2. The van der Waals surface area contributed by atoms with Crippen molar-refractivity contribution in [2.24, 2.45) is 11.8 Å². The minimum atomic E-state index is -0.763. The number of amides is 1. The molecule has 0 spiro atoms. The number of carbonyl (C=O) groups is 1. The van der Waals surface area contributed by atoms with Gasteiger partial charge >= 0.3 is 0 Å². The Bertz CT molecular complexity index is 843. The lowest BCUT2D eigenvalue weighted by atomic mass is 9.53. The van der Waals surface area contributed by atoms with Gasteiger partial charge in [0.25, 0.3) is 5.91 Å². The van der Waals surface area contributed by atoms with E-state index in [1.54, 1.807) is 0 Å². The number of carbonyl (C=O) groups excluding carboxylic acids is 1. The molecule has 0 aromatic heterocycles. The van der Waals surface area contributed by atoms with Crippen LogP contribution >= 0.6 is 0 Å². The van der Waals surface area contributed by atoms with E-state index in [0.29, 0.717) is 5.75 Å². The van der Waals surface area contributed by atoms with Crippen molar-refractivity contribution < 1.29 is 19.1 Å². The van der Waals surface area contributed by atoms with Crippen LogP contribution in [0.5, 0.6) is 11.5 Å². The highest BCUT2D eigenvalue weighted by Crippen LogP contribution is 2.54. The van der Waals surface area contributed by atoms with Crippen LogP contribution in [-0.2, 0) is 5.41 Å². The molecule has 1 amide bonds. The quantitative estimate of drug-likeness (QED) is 0.534. The van der Waals surface area contributed by atoms with Crippen molar-refractivity contribution in [1.82, 2.24) is 5.48 Å². The number of fused-ring (bicyclic) bond motifs is 2. The van der Waals surface area contributed by atoms with Gasteiger partial charge in [-0.25, -0.2) is 9.87 Å². The number of hydrogen-bond donors (Lipinski definition) is 2. The van der Waals surface area contributed by atoms with Gasteiger partial charge in [-0.05, 0) is 78.8 Å². The van der Waals surface area contributed by atoms with E-state index in [-0.39, 0.29) is 16.7 Å². The highest BCUT2D eigenvalue weighted by Gasteiger charge is 2.46. The standard InChI is InChI=1S/C23H26FNO3/c1-23(16-4-2-5-17(23)7-3-6-16)18-9-11-19(12-10-18)28-21-13-8-15(14-20(21)24)22(26)25-27/h8-14,16-17,27H,2-7H2,1H3,(H,25,26). The van der Waals surface area contributed by atoms with Crippen LogP contribution in [0.3, 0.4) is 0 Å². The monoisotopic (exact) mass is 383 g/mol. The van der Waals surface area contributed by atoms with Crippen LogP contribution < -0.4 is 10.2 Å². The fraction of sp³-hybridized carbons (Fsp3) is 0.435. The average Bonchev–Trinajstić information content (AvgIpc) is 2.69. The molecule has 2 fully saturated rings. The first-order chi connectivity index (χ1) is 13.5. The van der Waals surface area contributed by atoms with Gasteiger partial charge in [-0.3, -0.25) is 10.0 Å². The maximum atomic E-state index is 14.2. The molecule has 2 aliphatic carbocycles. The summed E-state index contributed by atoms with van der Waals surface area (Å²) in [5.41, 5.74) is 3.09. The predicted octanol–water partition coefficient (Wildman–Crippen LogP) is 5.59. The lowest BCUT2D eigenvalue weighted by Crippen LogP contribution is -2.45. The smallest absolute Gasteiger partial charge is 0.274 e. The van der Waals surface area contributed by atoms with Crippen LogP contribution in [0.4, 0.5) is 4.39 Å². The van der Waals surface area contributed by atoms with E-state index in [2.05, 4.69) is 19.1 Å². The Morgan fingerprint density at radius 3 is 2.21 bits per heavy atom. The van der Waals surface area contributed by atoms with E-state index in [1.807, 2.05) is 12.1 Å². The summed E-state index contributed by atoms with van der Waals surface area (Å²) in [5.74, 6) is 0.679. The highest BCUT2D eigenvalue weighted by molar-refractivity contribution is 5.93. The molecule has 2 aliphatic rings. The van der Waals surface area contributed by atoms with Crippen molar-refractivity contribution in [2.45, 2.75) is 50.9 Å². The van der Waals surface area contributed by atoms with Crippen molar-refractivity contribution in [3.8, 4) is 11.5 Å². The summed E-state index contributed by atoms with van der Waals surface area (Å²) in [6.45, 7) is 2.42. The molecular formula is C23H26FNO3. The van der Waals surface area contributed by atoms with Crippen molar-refractivity contribution in [3.63, 3.8) is 0 Å². The largest absolute Gasteiger partial charge is 0.454 e. The first-order valence-electron chi connectivity index (χ1n) is 10.0. The van der Waals surface area contributed by atoms with Crippen LogP contribution in [0.1, 0.15) is 61.4 Å². The van der Waals surface area contributed by atoms with Gasteiger partial charge in [-0.15, -0.1) is 0 Å². The third kappa shape index (κ3) is 3.28. The van der Waals surface area contributed by atoms with Gasteiger partial charge in [0, 0.05) is 5.56 Å². The number of rotatable bonds is 4. The molecule has 0 aliphatic heterocycles. The molecule has 0 unspecified atom stereocenters. The zero-order valence-corrected chi connectivity index (χ0v) is 16.1. The number of hydroxylamine groups is 1. The number of halogens is 1. The lowest BCUT2D eigenvalue weighted by molar-refractivity contribution is 0.0666. The average molecular weight is 383 g/mol. The fourth-order valence-electron chi connectivity index (χ4n) is 5.31. The molecule has 0 atom stereocenters. The van der Waals surface area contributed by atoms with Gasteiger partial charge in [0.1, 0.15) is 5.75 Å². The summed E-state index contributed by atoms with van der Waals surface area (Å²) < 4.78 is 19.9. The molecule has 0 radical (unpaired) electrons. The van der Waals surface area contributed by atoms with Crippen molar-refractivity contribution in [3.05, 3.63) is 59.4 Å². The van der Waals surface area contributed by atoms with E-state index in [4.69, 9.17) is 9.94 Å². The zero-order chi connectivity index (χ0) is 19.7. The van der Waals surface area contributed by atoms with E-state index in [9.17, 15) is 9.18 Å². The second-order valence-corrected chi connectivity index (χ2v) is 8.25. The van der Waals surface area contributed by atoms with E-state index in [1.165, 1.54) is 61.7 Å². The molecule has 4 nitrogen and oxygen atoms in total. The minimum Gasteiger partial charge on any atom is -0.454 e. The van der Waals surface area contributed by atoms with Gasteiger partial charge in [0.05, 0.1) is 0 Å². The van der Waals surface area contributed by atoms with Gasteiger partial charge in [-0.1, -0.05) is 31.9 Å². The summed E-state index contributed by atoms with van der Waals surface area (Å²) in [6, 6.07) is 11.9. The fourth-order valence-corrected chi connectivity index (χ4v) is 5.31. The summed E-state index contributed by atoms with van der Waals surface area (Å²) in [5, 5.41) is 8.64. The minimum absolute atomic E-state index is 0.0273. The van der Waals surface area contributed by atoms with Crippen molar-refractivity contribution in [1.29, 1.82) is 0 Å². The SMILES string of the molecule is CC1(c2ccc(Oc3ccc(C(=O)NO)cc3F)cc2)C2CCCC1CCC2. The Balaban J connectivity index is 1.53. The van der Waals surface area contributed by atoms with Crippen LogP contribution in [-0.4, -0.2) is 11.1 Å². The van der Waals surface area contributed by atoms with Crippen LogP contribution in [0, 0.1) is 17.7 Å². The Labute approximate surface area is 164 Å². The van der Waals surface area contributed by atoms with Gasteiger partial charge in [0.15, 0.2) is 11.6 Å². The van der Waals surface area contributed by atoms with Crippen molar-refractivity contribution in [2.75, 3.05) is 0 Å². The third-order valence-corrected chi connectivity index (χ3v) is 6.91. The number of hydrogen-bond acceptors (Lipinski definition) is 3. The summed E-state index contributed by atoms with van der Waals surface area (Å²) in [7, 11) is 0. The summed E-state index contributed by atoms with van der Waals surface area (Å²) in [6.07, 6.45) is 7.92. The van der Waals surface area contributed by atoms with Crippen molar-refractivity contribution >= 4 is 5.91 Å². The highest BCUT2D eigenvalue weighted by atomic mass is 19.1. The summed E-state index contributed by atoms with van der Waals surface area (Å²) >= 11 is 0. The molecule has 2 aromatic rings. The number of nitrogens with one attached hydrogen (secondary N) is 1. The number of benzene rings is 2. The second-order valence-electron chi connectivity index (χ2n) is 8.25. The molecule has 148 valence electrons. The molecule has 28 heavy (non-hydrogen) atoms. The lowest BCUT2D eigenvalue weighted by Gasteiger charge is -2.52. The van der Waals surface area contributed by atoms with E-state index in [0.717, 1.165) is 17.9 Å². The zero-order valence-electron chi connectivity index (χ0n) is 16.1. The molecular weight excluding hydrogens is 357 g/mol. The third-order valence-electron chi connectivity index (χ3n) is 6.91. The normalized spacial score (nSPS) is 26.5. The van der Waals surface area contributed by atoms with Crippen LogP contribution in [0.2, 0.25) is 0 Å². The van der Waals surface area contributed by atoms with E-state index < -0.39 is 11.7 Å². The molecule has 5 heteroatoms. The van der Waals surface area contributed by atoms with E-state index >= 15 is 0 Å². The topological polar surface area (TPSA) is 58.6 Å². The Kier molecular flexibility index (Phi) is 5.11. The molecule has 0 saturated heterocycles. The Hall–Kier alpha value is -2.40. The molecule has 2 bridgehead atoms. The molecule has 0 heterocycles. The second kappa shape index (κ2) is 7.55. The molecule has 4 rings (SSSR count). The summed E-state index contributed by atoms with van der Waals surface area (Å²) in [4.78, 5) is 11.4.